The van der Waals surface area contributed by atoms with Gasteiger partial charge in [-0.15, -0.1) is 0 Å². The molecule has 1 aliphatic carbocycles. The first-order chi connectivity index (χ1) is 9.70. The van der Waals surface area contributed by atoms with Crippen LogP contribution in [0.5, 0.6) is 0 Å². The Morgan fingerprint density at radius 3 is 2.55 bits per heavy atom. The third-order valence-electron chi connectivity index (χ3n) is 3.98. The van der Waals surface area contributed by atoms with Gasteiger partial charge in [0.15, 0.2) is 0 Å². The number of aryl methyl sites for hydroxylation is 1. The quantitative estimate of drug-likeness (QED) is 0.818. The predicted molar refractivity (Wildman–Crippen MR) is 84.3 cm³/mol. The average molecular weight is 274 g/mol. The summed E-state index contributed by atoms with van der Waals surface area (Å²) in [4.78, 5) is 12.5. The summed E-state index contributed by atoms with van der Waals surface area (Å²) in [6, 6.07) is 6.37. The van der Waals surface area contributed by atoms with Crippen molar-refractivity contribution in [2.24, 2.45) is 0 Å². The number of benzene rings is 1. The van der Waals surface area contributed by atoms with Gasteiger partial charge >= 0.3 is 0 Å². The van der Waals surface area contributed by atoms with Gasteiger partial charge in [-0.25, -0.2) is 0 Å². The first-order valence-corrected chi connectivity index (χ1v) is 7.86. The molecule has 3 heteroatoms. The van der Waals surface area contributed by atoms with Crippen molar-refractivity contribution in [3.05, 3.63) is 29.3 Å². The van der Waals surface area contributed by atoms with Crippen LogP contribution in [0.15, 0.2) is 18.2 Å². The zero-order chi connectivity index (χ0) is 14.4. The van der Waals surface area contributed by atoms with Crippen molar-refractivity contribution in [2.45, 2.75) is 58.4 Å². The van der Waals surface area contributed by atoms with E-state index in [9.17, 15) is 4.79 Å². The number of hydrogen-bond donors (Lipinski definition) is 2. The predicted octanol–water partition coefficient (Wildman–Crippen LogP) is 3.88. The fraction of sp³-hybridized carbons (Fsp3) is 0.588. The molecule has 20 heavy (non-hydrogen) atoms. The van der Waals surface area contributed by atoms with Crippen molar-refractivity contribution in [1.82, 2.24) is 5.32 Å². The van der Waals surface area contributed by atoms with E-state index in [0.717, 1.165) is 36.2 Å². The van der Waals surface area contributed by atoms with Gasteiger partial charge in [0.2, 0.25) is 0 Å². The summed E-state index contributed by atoms with van der Waals surface area (Å²) in [7, 11) is 0. The molecule has 0 aromatic heterocycles. The first kappa shape index (κ1) is 14.9. The lowest BCUT2D eigenvalue weighted by atomic mass is 10.1. The standard InChI is InChI=1S/C17H26N2O/c1-3-18-16-11-10-13(2)12-15(16)17(20)19-14-8-6-4-5-7-9-14/h10-12,14,18H,3-9H2,1-2H3,(H,19,20). The Hall–Kier alpha value is -1.51. The van der Waals surface area contributed by atoms with Crippen LogP contribution < -0.4 is 10.6 Å². The number of amides is 1. The van der Waals surface area contributed by atoms with E-state index in [0.29, 0.717) is 6.04 Å². The summed E-state index contributed by atoms with van der Waals surface area (Å²) in [6.45, 7) is 4.90. The van der Waals surface area contributed by atoms with Crippen LogP contribution in [0.2, 0.25) is 0 Å². The second-order valence-corrected chi connectivity index (χ2v) is 5.74. The highest BCUT2D eigenvalue weighted by Gasteiger charge is 2.17. The largest absolute Gasteiger partial charge is 0.385 e. The monoisotopic (exact) mass is 274 g/mol. The lowest BCUT2D eigenvalue weighted by molar-refractivity contribution is 0.0934. The average Bonchev–Trinajstić information content (AvgIpc) is 2.69. The van der Waals surface area contributed by atoms with Crippen LogP contribution in [0.3, 0.4) is 0 Å². The molecule has 1 aliphatic rings. The summed E-state index contributed by atoms with van der Waals surface area (Å²) < 4.78 is 0. The van der Waals surface area contributed by atoms with Gasteiger partial charge in [0.25, 0.3) is 5.91 Å². The van der Waals surface area contributed by atoms with Crippen LogP contribution in [0.25, 0.3) is 0 Å². The Bertz CT molecular complexity index is 448. The lowest BCUT2D eigenvalue weighted by Crippen LogP contribution is -2.34. The molecule has 2 N–H and O–H groups in total. The molecule has 3 nitrogen and oxygen atoms in total. The van der Waals surface area contributed by atoms with Crippen molar-refractivity contribution in [3.8, 4) is 0 Å². The maximum Gasteiger partial charge on any atom is 0.253 e. The Balaban J connectivity index is 2.09. The summed E-state index contributed by atoms with van der Waals surface area (Å²) in [5.74, 6) is 0.0662. The van der Waals surface area contributed by atoms with E-state index in [-0.39, 0.29) is 5.91 Å². The number of rotatable bonds is 4. The fourth-order valence-corrected chi connectivity index (χ4v) is 2.88. The summed E-state index contributed by atoms with van der Waals surface area (Å²) in [6.07, 6.45) is 7.32. The molecule has 0 saturated heterocycles. The van der Waals surface area contributed by atoms with Crippen LogP contribution in [-0.4, -0.2) is 18.5 Å². The molecular weight excluding hydrogens is 248 g/mol. The highest BCUT2D eigenvalue weighted by molar-refractivity contribution is 6.00. The maximum absolute atomic E-state index is 12.5. The topological polar surface area (TPSA) is 41.1 Å². The van der Waals surface area contributed by atoms with Gasteiger partial charge in [-0.05, 0) is 38.8 Å². The third-order valence-corrected chi connectivity index (χ3v) is 3.98. The van der Waals surface area contributed by atoms with E-state index >= 15 is 0 Å². The van der Waals surface area contributed by atoms with Crippen LogP contribution >= 0.6 is 0 Å². The minimum Gasteiger partial charge on any atom is -0.385 e. The molecule has 2 rings (SSSR count). The van der Waals surface area contributed by atoms with E-state index in [2.05, 4.69) is 10.6 Å². The third kappa shape index (κ3) is 3.99. The number of carbonyl (C=O) groups excluding carboxylic acids is 1. The maximum atomic E-state index is 12.5. The van der Waals surface area contributed by atoms with Gasteiger partial charge in [-0.2, -0.15) is 0 Å². The van der Waals surface area contributed by atoms with Gasteiger partial charge in [0.05, 0.1) is 5.56 Å². The molecule has 0 atom stereocenters. The Morgan fingerprint density at radius 2 is 1.90 bits per heavy atom. The molecule has 110 valence electrons. The van der Waals surface area contributed by atoms with Crippen molar-refractivity contribution in [2.75, 3.05) is 11.9 Å². The minimum absolute atomic E-state index is 0.0662. The molecule has 1 saturated carbocycles. The van der Waals surface area contributed by atoms with E-state index in [1.807, 2.05) is 32.0 Å². The number of anilines is 1. The molecule has 1 aromatic carbocycles. The van der Waals surface area contributed by atoms with Crippen molar-refractivity contribution in [1.29, 1.82) is 0 Å². The van der Waals surface area contributed by atoms with Gasteiger partial charge in [-0.3, -0.25) is 4.79 Å². The van der Waals surface area contributed by atoms with E-state index < -0.39 is 0 Å². The van der Waals surface area contributed by atoms with Gasteiger partial charge < -0.3 is 10.6 Å². The normalized spacial score (nSPS) is 16.5. The van der Waals surface area contributed by atoms with Gasteiger partial charge in [-0.1, -0.05) is 37.3 Å². The second kappa shape index (κ2) is 7.32. The molecule has 0 aliphatic heterocycles. The summed E-state index contributed by atoms with van der Waals surface area (Å²) in [5, 5.41) is 6.50. The molecular formula is C17H26N2O. The van der Waals surface area contributed by atoms with Crippen LogP contribution in [0.1, 0.15) is 61.4 Å². The lowest BCUT2D eigenvalue weighted by Gasteiger charge is -2.18. The summed E-state index contributed by atoms with van der Waals surface area (Å²) in [5.41, 5.74) is 2.83. The fourth-order valence-electron chi connectivity index (χ4n) is 2.88. The highest BCUT2D eigenvalue weighted by Crippen LogP contribution is 2.20. The number of hydrogen-bond acceptors (Lipinski definition) is 2. The van der Waals surface area contributed by atoms with Gasteiger partial charge in [0.1, 0.15) is 0 Å². The first-order valence-electron chi connectivity index (χ1n) is 7.86. The zero-order valence-electron chi connectivity index (χ0n) is 12.7. The molecule has 0 radical (unpaired) electrons. The minimum atomic E-state index is 0.0662. The molecule has 0 spiro atoms. The SMILES string of the molecule is CCNc1ccc(C)cc1C(=O)NC1CCCCCC1. The van der Waals surface area contributed by atoms with Crippen LogP contribution in [0, 0.1) is 6.92 Å². The van der Waals surface area contributed by atoms with E-state index in [1.165, 1.54) is 25.7 Å². The Labute approximate surface area is 122 Å². The Morgan fingerprint density at radius 1 is 1.20 bits per heavy atom. The second-order valence-electron chi connectivity index (χ2n) is 5.74. The molecule has 1 aromatic rings. The van der Waals surface area contributed by atoms with Gasteiger partial charge in [0, 0.05) is 18.3 Å². The number of carbonyl (C=O) groups is 1. The molecule has 1 fully saturated rings. The summed E-state index contributed by atoms with van der Waals surface area (Å²) >= 11 is 0. The van der Waals surface area contributed by atoms with Crippen molar-refractivity contribution >= 4 is 11.6 Å². The zero-order valence-corrected chi connectivity index (χ0v) is 12.7. The van der Waals surface area contributed by atoms with Crippen LogP contribution in [-0.2, 0) is 0 Å². The molecule has 0 unspecified atom stereocenters. The molecule has 0 bridgehead atoms. The van der Waals surface area contributed by atoms with E-state index in [4.69, 9.17) is 0 Å². The number of nitrogens with one attached hydrogen (secondary N) is 2. The van der Waals surface area contributed by atoms with E-state index in [1.54, 1.807) is 0 Å². The van der Waals surface area contributed by atoms with Crippen LogP contribution in [0.4, 0.5) is 5.69 Å². The van der Waals surface area contributed by atoms with Crippen molar-refractivity contribution in [3.63, 3.8) is 0 Å². The Kier molecular flexibility index (Phi) is 5.45. The smallest absolute Gasteiger partial charge is 0.253 e. The molecule has 0 heterocycles. The van der Waals surface area contributed by atoms with Crippen molar-refractivity contribution < 1.29 is 4.79 Å². The molecule has 1 amide bonds. The highest BCUT2D eigenvalue weighted by atomic mass is 16.1.